The van der Waals surface area contributed by atoms with Crippen LogP contribution in [-0.2, 0) is 0 Å². The number of halogens is 2. The summed E-state index contributed by atoms with van der Waals surface area (Å²) in [5.74, 6) is 0.948. The second-order valence-electron chi connectivity index (χ2n) is 5.31. The van der Waals surface area contributed by atoms with E-state index in [0.717, 1.165) is 0 Å². The highest BCUT2D eigenvalue weighted by Crippen LogP contribution is 2.27. The average molecular weight is 366 g/mol. The van der Waals surface area contributed by atoms with Crippen LogP contribution in [0.15, 0.2) is 47.5 Å². The van der Waals surface area contributed by atoms with E-state index in [-0.39, 0.29) is 17.9 Å². The van der Waals surface area contributed by atoms with Crippen LogP contribution in [0.5, 0.6) is 11.5 Å². The maximum Gasteiger partial charge on any atom is 0.193 e. The van der Waals surface area contributed by atoms with E-state index < -0.39 is 0 Å². The van der Waals surface area contributed by atoms with Crippen molar-refractivity contribution >= 4 is 23.2 Å². The Morgan fingerprint density at radius 2 is 2.12 bits per heavy atom. The Labute approximate surface area is 151 Å². The number of hydrogen-bond acceptors (Lipinski definition) is 3. The molecule has 0 saturated heterocycles. The van der Waals surface area contributed by atoms with Gasteiger partial charge in [0.2, 0.25) is 0 Å². The van der Waals surface area contributed by atoms with Crippen molar-refractivity contribution in [1.82, 2.24) is 0 Å². The third kappa shape index (κ3) is 5.83. The zero-order chi connectivity index (χ0) is 18.2. The first-order valence-electron chi connectivity index (χ1n) is 7.84. The largest absolute Gasteiger partial charge is 0.495 e. The Hall–Kier alpha value is -2.47. The van der Waals surface area contributed by atoms with E-state index >= 15 is 0 Å². The quantitative estimate of drug-likeness (QED) is 0.573. The minimum absolute atomic E-state index is 0.207. The molecule has 1 unspecified atom stereocenters. The molecular weight excluding hydrogens is 345 g/mol. The third-order valence-corrected chi connectivity index (χ3v) is 3.74. The third-order valence-electron chi connectivity index (χ3n) is 3.44. The molecular formula is C18H21ClFN3O2. The zero-order valence-electron chi connectivity index (χ0n) is 14.1. The SMILES string of the molecule is CCC(CN=C(N)Nc1ccc(OC)c(Cl)c1)Oc1cccc(F)c1. The van der Waals surface area contributed by atoms with Crippen molar-refractivity contribution in [3.05, 3.63) is 53.3 Å². The monoisotopic (exact) mass is 365 g/mol. The van der Waals surface area contributed by atoms with E-state index in [1.807, 2.05) is 6.92 Å². The van der Waals surface area contributed by atoms with Crippen LogP contribution in [0.25, 0.3) is 0 Å². The van der Waals surface area contributed by atoms with Crippen LogP contribution in [0, 0.1) is 5.82 Å². The predicted molar refractivity (Wildman–Crippen MR) is 99.2 cm³/mol. The lowest BCUT2D eigenvalue weighted by atomic mass is 10.2. The number of aliphatic imine (C=N–C) groups is 1. The first-order valence-corrected chi connectivity index (χ1v) is 8.22. The summed E-state index contributed by atoms with van der Waals surface area (Å²) in [6.07, 6.45) is 0.503. The van der Waals surface area contributed by atoms with Gasteiger partial charge >= 0.3 is 0 Å². The Bertz CT molecular complexity index is 740. The molecule has 0 saturated carbocycles. The molecule has 134 valence electrons. The molecule has 25 heavy (non-hydrogen) atoms. The highest BCUT2D eigenvalue weighted by molar-refractivity contribution is 6.32. The summed E-state index contributed by atoms with van der Waals surface area (Å²) in [7, 11) is 1.55. The number of rotatable bonds is 7. The minimum atomic E-state index is -0.339. The molecule has 0 bridgehead atoms. The normalized spacial score (nSPS) is 12.6. The molecule has 1 atom stereocenters. The molecule has 0 aliphatic rings. The van der Waals surface area contributed by atoms with Gasteiger partial charge < -0.3 is 20.5 Å². The summed E-state index contributed by atoms with van der Waals surface area (Å²) in [5, 5.41) is 3.43. The molecule has 0 amide bonds. The maximum atomic E-state index is 13.2. The molecule has 0 aliphatic heterocycles. The fourth-order valence-electron chi connectivity index (χ4n) is 2.11. The lowest BCUT2D eigenvalue weighted by Gasteiger charge is -2.16. The predicted octanol–water partition coefficient (Wildman–Crippen LogP) is 4.07. The van der Waals surface area contributed by atoms with Crippen LogP contribution in [-0.4, -0.2) is 25.7 Å². The Morgan fingerprint density at radius 1 is 1.32 bits per heavy atom. The Balaban J connectivity index is 1.95. The van der Waals surface area contributed by atoms with E-state index in [0.29, 0.717) is 35.2 Å². The minimum Gasteiger partial charge on any atom is -0.495 e. The second kappa shape index (κ2) is 9.13. The molecule has 0 spiro atoms. The number of guanidine groups is 1. The van der Waals surface area contributed by atoms with Gasteiger partial charge in [-0.2, -0.15) is 0 Å². The Kier molecular flexibility index (Phi) is 6.89. The molecule has 0 radical (unpaired) electrons. The van der Waals surface area contributed by atoms with E-state index in [1.165, 1.54) is 12.1 Å². The Morgan fingerprint density at radius 3 is 2.76 bits per heavy atom. The fourth-order valence-corrected chi connectivity index (χ4v) is 2.37. The summed E-state index contributed by atoms with van der Waals surface area (Å²) in [4.78, 5) is 4.27. The average Bonchev–Trinajstić information content (AvgIpc) is 2.59. The summed E-state index contributed by atoms with van der Waals surface area (Å²) >= 11 is 6.07. The summed E-state index contributed by atoms with van der Waals surface area (Å²) in [5.41, 5.74) is 6.60. The van der Waals surface area contributed by atoms with Crippen molar-refractivity contribution in [2.24, 2.45) is 10.7 Å². The van der Waals surface area contributed by atoms with Crippen LogP contribution < -0.4 is 20.5 Å². The van der Waals surface area contributed by atoms with Crippen LogP contribution in [0.1, 0.15) is 13.3 Å². The van der Waals surface area contributed by atoms with Crippen LogP contribution in [0.4, 0.5) is 10.1 Å². The standard InChI is InChI=1S/C18H21ClFN3O2/c1-3-14(25-15-6-4-5-12(20)9-15)11-22-18(21)23-13-7-8-17(24-2)16(19)10-13/h4-10,14H,3,11H2,1-2H3,(H3,21,22,23). The van der Waals surface area contributed by atoms with Crippen molar-refractivity contribution in [3.63, 3.8) is 0 Å². The van der Waals surface area contributed by atoms with E-state index in [1.54, 1.807) is 37.4 Å². The van der Waals surface area contributed by atoms with Crippen LogP contribution in [0.3, 0.4) is 0 Å². The molecule has 7 heteroatoms. The summed E-state index contributed by atoms with van der Waals surface area (Å²) in [6.45, 7) is 2.31. The van der Waals surface area contributed by atoms with Gasteiger partial charge in [0, 0.05) is 11.8 Å². The number of ether oxygens (including phenoxy) is 2. The van der Waals surface area contributed by atoms with Crippen molar-refractivity contribution in [2.75, 3.05) is 19.0 Å². The summed E-state index contributed by atoms with van der Waals surface area (Å²) in [6, 6.07) is 11.2. The van der Waals surface area contributed by atoms with Gasteiger partial charge in [0.15, 0.2) is 5.96 Å². The first kappa shape index (κ1) is 18.9. The van der Waals surface area contributed by atoms with Gasteiger partial charge in [0.25, 0.3) is 0 Å². The molecule has 3 N–H and O–H groups in total. The number of anilines is 1. The van der Waals surface area contributed by atoms with Crippen LogP contribution >= 0.6 is 11.6 Å². The highest BCUT2D eigenvalue weighted by atomic mass is 35.5. The summed E-state index contributed by atoms with van der Waals surface area (Å²) < 4.78 is 24.0. The van der Waals surface area contributed by atoms with E-state index in [9.17, 15) is 4.39 Å². The van der Waals surface area contributed by atoms with Gasteiger partial charge in [0.05, 0.1) is 18.7 Å². The molecule has 0 fully saturated rings. The van der Waals surface area contributed by atoms with Gasteiger partial charge in [0.1, 0.15) is 23.4 Å². The number of nitrogens with two attached hydrogens (primary N) is 1. The topological polar surface area (TPSA) is 68.9 Å². The second-order valence-corrected chi connectivity index (χ2v) is 5.71. The molecule has 2 aromatic rings. The van der Waals surface area contributed by atoms with Gasteiger partial charge in [-0.3, -0.25) is 0 Å². The fraction of sp³-hybridized carbons (Fsp3) is 0.278. The van der Waals surface area contributed by atoms with Gasteiger partial charge in [-0.15, -0.1) is 0 Å². The molecule has 2 rings (SSSR count). The van der Waals surface area contributed by atoms with E-state index in [4.69, 9.17) is 26.8 Å². The number of nitrogens with zero attached hydrogens (tertiary/aromatic N) is 1. The lowest BCUT2D eigenvalue weighted by Crippen LogP contribution is -2.26. The molecule has 2 aromatic carbocycles. The van der Waals surface area contributed by atoms with Crippen molar-refractivity contribution in [1.29, 1.82) is 0 Å². The number of hydrogen-bond donors (Lipinski definition) is 2. The first-order chi connectivity index (χ1) is 12.0. The van der Waals surface area contributed by atoms with Crippen molar-refractivity contribution in [3.8, 4) is 11.5 Å². The molecule has 5 nitrogen and oxygen atoms in total. The highest BCUT2D eigenvalue weighted by Gasteiger charge is 2.09. The number of nitrogens with one attached hydrogen (secondary N) is 1. The van der Waals surface area contributed by atoms with E-state index in [2.05, 4.69) is 10.3 Å². The molecule has 0 aliphatic carbocycles. The maximum absolute atomic E-state index is 13.2. The van der Waals surface area contributed by atoms with Gasteiger partial charge in [-0.1, -0.05) is 24.6 Å². The number of methoxy groups -OCH3 is 1. The van der Waals surface area contributed by atoms with Crippen LogP contribution in [0.2, 0.25) is 5.02 Å². The van der Waals surface area contributed by atoms with Gasteiger partial charge in [-0.05, 0) is 36.8 Å². The smallest absolute Gasteiger partial charge is 0.193 e. The van der Waals surface area contributed by atoms with Gasteiger partial charge in [-0.25, -0.2) is 9.38 Å². The van der Waals surface area contributed by atoms with Crippen molar-refractivity contribution < 1.29 is 13.9 Å². The zero-order valence-corrected chi connectivity index (χ0v) is 14.9. The van der Waals surface area contributed by atoms with Crippen molar-refractivity contribution in [2.45, 2.75) is 19.4 Å². The number of benzene rings is 2. The molecule has 0 heterocycles. The molecule has 0 aromatic heterocycles. The lowest BCUT2D eigenvalue weighted by molar-refractivity contribution is 0.205.